The summed E-state index contributed by atoms with van der Waals surface area (Å²) >= 11 is 0. The molecule has 0 aliphatic carbocycles. The third kappa shape index (κ3) is 4.93. The number of nitrogens with one attached hydrogen (secondary N) is 4. The highest BCUT2D eigenvalue weighted by Gasteiger charge is 2.49. The fourth-order valence-corrected chi connectivity index (χ4v) is 4.99. The number of hydrogen-bond acceptors (Lipinski definition) is 5. The number of carbonyl (C=O) groups is 2. The van der Waals surface area contributed by atoms with Gasteiger partial charge in [-0.15, -0.1) is 0 Å². The molecule has 1 unspecified atom stereocenters. The van der Waals surface area contributed by atoms with Crippen LogP contribution in [0, 0.1) is 0 Å². The molecule has 6 atom stereocenters. The number of para-hydroxylation sites is 1. The summed E-state index contributed by atoms with van der Waals surface area (Å²) in [7, 11) is 3.29. The number of amides is 2. The molecule has 2 aliphatic heterocycles. The zero-order valence-electron chi connectivity index (χ0n) is 20.6. The molecule has 0 radical (unpaired) electrons. The average Bonchev–Trinajstić information content (AvgIpc) is 3.57. The molecule has 1 aromatic heterocycles. The Hall–Kier alpha value is -2.42. The molecular weight excluding hydrogens is 418 g/mol. The third-order valence-electron chi connectivity index (χ3n) is 7.00. The topological polar surface area (TPSA) is 98.5 Å². The minimum absolute atomic E-state index is 0.0527. The number of fused-ring (bicyclic) bond motifs is 2. The zero-order chi connectivity index (χ0) is 24.1. The lowest BCUT2D eigenvalue weighted by molar-refractivity contribution is -0.141. The first-order chi connectivity index (χ1) is 16.0. The Labute approximate surface area is 196 Å². The number of rotatable bonds is 7. The number of aromatic nitrogens is 1. The van der Waals surface area contributed by atoms with Gasteiger partial charge in [0.15, 0.2) is 0 Å². The summed E-state index contributed by atoms with van der Waals surface area (Å²) in [5.41, 5.74) is 2.34. The maximum Gasteiger partial charge on any atom is 0.248 e. The van der Waals surface area contributed by atoms with Crippen LogP contribution >= 0.6 is 0 Å². The number of ether oxygens (including phenoxy) is 1. The second-order valence-corrected chi connectivity index (χ2v) is 8.66. The molecule has 2 amide bonds. The number of carbonyl (C=O) groups excluding carboxylic acids is 2. The van der Waals surface area contributed by atoms with Gasteiger partial charge in [-0.1, -0.05) is 32.0 Å². The van der Waals surface area contributed by atoms with Gasteiger partial charge in [-0.2, -0.15) is 0 Å². The van der Waals surface area contributed by atoms with Gasteiger partial charge in [0.05, 0.1) is 18.2 Å². The van der Waals surface area contributed by atoms with Crippen molar-refractivity contribution in [1.82, 2.24) is 25.8 Å². The summed E-state index contributed by atoms with van der Waals surface area (Å²) in [5.74, 6) is -0.0942. The molecule has 2 aliphatic rings. The van der Waals surface area contributed by atoms with Crippen molar-refractivity contribution in [3.8, 4) is 0 Å². The summed E-state index contributed by atoms with van der Waals surface area (Å²) in [6, 6.07) is 7.47. The number of aromatic amines is 1. The van der Waals surface area contributed by atoms with Crippen LogP contribution in [0.1, 0.15) is 45.6 Å². The standard InChI is InChI=1S/C23H33N5O3.C2H6/c1-13(24-3)22(29)27-20(14(2)31-4)23(30)28-10-9-19-21(28)17(12-26-19)16-11-25-18-8-6-5-7-15(16)18;1-2/h5-8,11,13-14,17,19-21,24-26H,9-10,12H2,1-4H3,(H,27,29);1-2H3/t13-,14?,17+,19+,20-,21+;/m0./s1. The van der Waals surface area contributed by atoms with E-state index in [0.717, 1.165) is 18.5 Å². The van der Waals surface area contributed by atoms with Crippen molar-refractivity contribution in [1.29, 1.82) is 0 Å². The van der Waals surface area contributed by atoms with Crippen LogP contribution in [0.4, 0.5) is 0 Å². The van der Waals surface area contributed by atoms with Gasteiger partial charge in [-0.3, -0.25) is 9.59 Å². The van der Waals surface area contributed by atoms with Crippen LogP contribution in [-0.2, 0) is 14.3 Å². The lowest BCUT2D eigenvalue weighted by Crippen LogP contribution is -2.58. The van der Waals surface area contributed by atoms with E-state index in [9.17, 15) is 9.59 Å². The van der Waals surface area contributed by atoms with Crippen LogP contribution in [-0.4, -0.2) is 79.2 Å². The molecule has 3 heterocycles. The number of H-pyrrole nitrogens is 1. The summed E-state index contributed by atoms with van der Waals surface area (Å²) in [4.78, 5) is 31.6. The van der Waals surface area contributed by atoms with Gasteiger partial charge in [-0.05, 0) is 38.9 Å². The van der Waals surface area contributed by atoms with Crippen molar-refractivity contribution in [2.24, 2.45) is 0 Å². The van der Waals surface area contributed by atoms with Gasteiger partial charge in [0.25, 0.3) is 0 Å². The van der Waals surface area contributed by atoms with E-state index in [2.05, 4.69) is 39.3 Å². The highest BCUT2D eigenvalue weighted by atomic mass is 16.5. The van der Waals surface area contributed by atoms with E-state index in [4.69, 9.17) is 4.74 Å². The molecule has 0 spiro atoms. The molecule has 0 saturated carbocycles. The fourth-order valence-electron chi connectivity index (χ4n) is 4.99. The Kier molecular flexibility index (Phi) is 8.51. The van der Waals surface area contributed by atoms with Crippen molar-refractivity contribution in [2.45, 2.75) is 70.3 Å². The van der Waals surface area contributed by atoms with Gasteiger partial charge in [-0.25, -0.2) is 0 Å². The van der Waals surface area contributed by atoms with E-state index >= 15 is 0 Å². The Morgan fingerprint density at radius 2 is 1.94 bits per heavy atom. The molecule has 2 aromatic rings. The number of nitrogens with zero attached hydrogens (tertiary/aromatic N) is 1. The first-order valence-electron chi connectivity index (χ1n) is 12.1. The predicted molar refractivity (Wildman–Crippen MR) is 131 cm³/mol. The molecule has 2 saturated heterocycles. The highest BCUT2D eigenvalue weighted by Crippen LogP contribution is 2.39. The number of benzene rings is 1. The Bertz CT molecular complexity index is 945. The summed E-state index contributed by atoms with van der Waals surface area (Å²) in [5, 5.41) is 10.7. The van der Waals surface area contributed by atoms with Crippen molar-refractivity contribution >= 4 is 22.7 Å². The monoisotopic (exact) mass is 457 g/mol. The quantitative estimate of drug-likeness (QED) is 0.510. The minimum atomic E-state index is -0.726. The number of likely N-dealkylation sites (tertiary alicyclic amines) is 1. The smallest absolute Gasteiger partial charge is 0.248 e. The number of methoxy groups -OCH3 is 1. The van der Waals surface area contributed by atoms with E-state index in [1.54, 1.807) is 21.1 Å². The number of hydrogen-bond donors (Lipinski definition) is 4. The van der Waals surface area contributed by atoms with Crippen molar-refractivity contribution in [3.05, 3.63) is 36.0 Å². The lowest BCUT2D eigenvalue weighted by atomic mass is 9.91. The largest absolute Gasteiger partial charge is 0.379 e. The van der Waals surface area contributed by atoms with Crippen LogP contribution in [0.5, 0.6) is 0 Å². The molecule has 33 heavy (non-hydrogen) atoms. The summed E-state index contributed by atoms with van der Waals surface area (Å²) in [6.07, 6.45) is 2.55. The summed E-state index contributed by atoms with van der Waals surface area (Å²) < 4.78 is 5.47. The molecule has 4 rings (SSSR count). The van der Waals surface area contributed by atoms with Gasteiger partial charge >= 0.3 is 0 Å². The van der Waals surface area contributed by atoms with Crippen molar-refractivity contribution in [3.63, 3.8) is 0 Å². The van der Waals surface area contributed by atoms with E-state index in [1.807, 2.05) is 37.8 Å². The zero-order valence-corrected chi connectivity index (χ0v) is 20.6. The first kappa shape index (κ1) is 25.2. The Balaban J connectivity index is 0.00000149. The van der Waals surface area contributed by atoms with Crippen molar-refractivity contribution in [2.75, 3.05) is 27.2 Å². The average molecular weight is 458 g/mol. The van der Waals surface area contributed by atoms with Crippen LogP contribution in [0.25, 0.3) is 10.9 Å². The van der Waals surface area contributed by atoms with Crippen LogP contribution in [0.3, 0.4) is 0 Å². The molecule has 182 valence electrons. The lowest BCUT2D eigenvalue weighted by Gasteiger charge is -2.34. The van der Waals surface area contributed by atoms with Gasteiger partial charge in [0, 0.05) is 49.3 Å². The maximum atomic E-state index is 13.7. The molecule has 0 bridgehead atoms. The van der Waals surface area contributed by atoms with Crippen LogP contribution < -0.4 is 16.0 Å². The predicted octanol–water partition coefficient (Wildman–Crippen LogP) is 1.98. The summed E-state index contributed by atoms with van der Waals surface area (Å²) in [6.45, 7) is 9.09. The molecule has 4 N–H and O–H groups in total. The normalized spacial score (nSPS) is 24.5. The molecule has 2 fully saturated rings. The van der Waals surface area contributed by atoms with Gasteiger partial charge in [0.2, 0.25) is 11.8 Å². The molecule has 8 heteroatoms. The van der Waals surface area contributed by atoms with E-state index in [1.165, 1.54) is 10.9 Å². The Morgan fingerprint density at radius 3 is 2.64 bits per heavy atom. The Morgan fingerprint density at radius 1 is 1.21 bits per heavy atom. The van der Waals surface area contributed by atoms with Crippen LogP contribution in [0.15, 0.2) is 30.5 Å². The fraction of sp³-hybridized carbons (Fsp3) is 0.600. The second kappa shape index (κ2) is 11.1. The van der Waals surface area contributed by atoms with E-state index < -0.39 is 18.2 Å². The maximum absolute atomic E-state index is 13.7. The van der Waals surface area contributed by atoms with Gasteiger partial charge in [0.1, 0.15) is 6.04 Å². The molecule has 1 aromatic carbocycles. The first-order valence-corrected chi connectivity index (χ1v) is 12.1. The number of likely N-dealkylation sites (N-methyl/N-ethyl adjacent to an activating group) is 1. The molecular formula is C25H39N5O3. The van der Waals surface area contributed by atoms with E-state index in [-0.39, 0.29) is 29.8 Å². The third-order valence-corrected chi connectivity index (χ3v) is 7.00. The SMILES string of the molecule is CC.CN[C@@H](C)C(=O)N[C@H](C(=O)N1CC[C@H]2NC[C@H](c3c[nH]c4ccccc34)[C@H]21)C(C)OC. The second-order valence-electron chi connectivity index (χ2n) is 8.66. The van der Waals surface area contributed by atoms with Gasteiger partial charge < -0.3 is 30.6 Å². The van der Waals surface area contributed by atoms with E-state index in [0.29, 0.717) is 6.54 Å². The highest BCUT2D eigenvalue weighted by molar-refractivity contribution is 5.91. The minimum Gasteiger partial charge on any atom is -0.379 e. The van der Waals surface area contributed by atoms with Crippen molar-refractivity contribution < 1.29 is 14.3 Å². The molecule has 8 nitrogen and oxygen atoms in total. The van der Waals surface area contributed by atoms with Crippen LogP contribution in [0.2, 0.25) is 0 Å².